The molecule has 3 rings (SSSR count). The number of rotatable bonds is 48. The highest BCUT2D eigenvalue weighted by molar-refractivity contribution is 8.13. The number of imidazole rings is 1. The number of allylic oxidation sites excluding steroid dienone is 10. The lowest BCUT2D eigenvalue weighted by molar-refractivity contribution is -0.347. The molecule has 1 aliphatic heterocycles. The standard InChI is InChI=1S/C57H96N7O17P3S/c1-4-5-6-7-8-9-10-11-12-13-14-15-16-17-18-19-20-21-22-23-24-25-26-27-28-29-30-31-32-33-34-35-36-37-48(66)85-41-40-59-47(65)38-39-60-55(69)52(68)57(2,3)43-78-84(75,76)81-83(73,74)77-42-46-51(80-82(70,71)72)50(67)56(79-46)64-45-63-49-53(58)61-44-62-54(49)64/h8-9,11-12,14-15,17-18,20-21,44-46,50-52,56,67-68H,4-7,10,13,16,19,22-43H2,1-3H3,(H,59,65)(H,60,69)(H,73,74)(H,75,76)(H2,58,61,62)(H2,70,71,72)/p-4. The first-order valence-electron chi connectivity index (χ1n) is 29.8. The second-order valence-corrected chi connectivity index (χ2v) is 26.7. The summed E-state index contributed by atoms with van der Waals surface area (Å²) in [6, 6.07) is 0. The SMILES string of the molecule is CCCCCC=CCC=CCC=CCC=CCC=CCCCCCCCCCCCCCCCCC(=O)SCCNC(=O)CCNC(=O)C(O)C(C)(C)COP(=O)([O-])OP(=O)([O-])OCC1OC(n2cnc3c(N)ncnc32)C(O)C1OP(=O)([O-])[O-]. The van der Waals surface area contributed by atoms with Crippen LogP contribution in [0, 0.1) is 5.41 Å². The number of aliphatic hydroxyl groups is 2. The lowest BCUT2D eigenvalue weighted by atomic mass is 9.87. The summed E-state index contributed by atoms with van der Waals surface area (Å²) in [4.78, 5) is 97.3. The van der Waals surface area contributed by atoms with Crippen LogP contribution in [0.2, 0.25) is 0 Å². The van der Waals surface area contributed by atoms with Crippen molar-refractivity contribution in [1.82, 2.24) is 30.2 Å². The Morgan fingerprint density at radius 1 is 0.729 bits per heavy atom. The molecule has 0 aromatic carbocycles. The van der Waals surface area contributed by atoms with Gasteiger partial charge in [-0.15, -0.1) is 0 Å². The number of amides is 2. The number of carbonyl (C=O) groups is 3. The van der Waals surface area contributed by atoms with Crippen molar-refractivity contribution in [1.29, 1.82) is 0 Å². The fourth-order valence-corrected chi connectivity index (χ4v) is 12.3. The average Bonchev–Trinajstić information content (AvgIpc) is 2.05. The Bertz CT molecular complexity index is 2560. The Kier molecular flexibility index (Phi) is 37.5. The molecule has 3 heterocycles. The molecular weight excluding hydrogens is 1180 g/mol. The van der Waals surface area contributed by atoms with Gasteiger partial charge in [0.1, 0.15) is 36.3 Å². The minimum atomic E-state index is -5.93. The number of nitrogens with zero attached hydrogens (tertiary/aromatic N) is 4. The maximum absolute atomic E-state index is 12.7. The molecule has 24 nitrogen and oxygen atoms in total. The highest BCUT2D eigenvalue weighted by Gasteiger charge is 2.47. The number of nitrogens with two attached hydrogens (primary N) is 1. The van der Waals surface area contributed by atoms with Crippen molar-refractivity contribution in [3.05, 3.63) is 73.4 Å². The molecule has 0 saturated carbocycles. The Morgan fingerprint density at radius 3 is 1.80 bits per heavy atom. The number of unbranched alkanes of at least 4 members (excludes halogenated alkanes) is 17. The summed E-state index contributed by atoms with van der Waals surface area (Å²) in [5.74, 6) is -1.14. The number of ether oxygens (including phenoxy) is 1. The molecule has 85 heavy (non-hydrogen) atoms. The van der Waals surface area contributed by atoms with Gasteiger partial charge in [0.2, 0.25) is 11.8 Å². The Labute approximate surface area is 506 Å². The molecule has 1 saturated heterocycles. The lowest BCUT2D eigenvalue weighted by Gasteiger charge is -2.36. The third-order valence-electron chi connectivity index (χ3n) is 13.6. The predicted molar refractivity (Wildman–Crippen MR) is 320 cm³/mol. The molecule has 0 spiro atoms. The zero-order valence-electron chi connectivity index (χ0n) is 49.7. The molecule has 28 heteroatoms. The number of nitrogen functional groups attached to an aromatic ring is 1. The molecule has 7 atom stereocenters. The van der Waals surface area contributed by atoms with Gasteiger partial charge in [-0.25, -0.2) is 19.3 Å². The summed E-state index contributed by atoms with van der Waals surface area (Å²) in [5, 5.41) is 26.6. The molecule has 2 aromatic rings. The van der Waals surface area contributed by atoms with Crippen LogP contribution in [0.3, 0.4) is 0 Å². The van der Waals surface area contributed by atoms with E-state index in [2.05, 4.69) is 111 Å². The first-order chi connectivity index (χ1) is 40.6. The lowest BCUT2D eigenvalue weighted by Crippen LogP contribution is -2.46. The normalized spacial score (nSPS) is 18.8. The van der Waals surface area contributed by atoms with Crippen molar-refractivity contribution in [2.24, 2.45) is 5.41 Å². The van der Waals surface area contributed by atoms with E-state index in [1.54, 1.807) is 0 Å². The van der Waals surface area contributed by atoms with Crippen LogP contribution in [0.15, 0.2) is 73.4 Å². The van der Waals surface area contributed by atoms with Crippen LogP contribution >= 0.6 is 35.2 Å². The summed E-state index contributed by atoms with van der Waals surface area (Å²) in [6.07, 6.45) is 42.8. The van der Waals surface area contributed by atoms with Crippen LogP contribution in [0.4, 0.5) is 5.82 Å². The summed E-state index contributed by atoms with van der Waals surface area (Å²) in [6.45, 7) is 2.41. The van der Waals surface area contributed by atoms with Crippen LogP contribution in [-0.4, -0.2) is 103 Å². The number of nitrogens with one attached hydrogen (secondary N) is 2. The monoisotopic (exact) mass is 1270 g/mol. The Balaban J connectivity index is 1.14. The van der Waals surface area contributed by atoms with Crippen molar-refractivity contribution in [2.45, 2.75) is 212 Å². The van der Waals surface area contributed by atoms with E-state index in [0.29, 0.717) is 12.2 Å². The van der Waals surface area contributed by atoms with Crippen molar-refractivity contribution in [3.8, 4) is 0 Å². The number of aliphatic hydroxyl groups excluding tert-OH is 2. The zero-order chi connectivity index (χ0) is 62.4. The van der Waals surface area contributed by atoms with Crippen molar-refractivity contribution >= 4 is 69.1 Å². The van der Waals surface area contributed by atoms with E-state index >= 15 is 0 Å². The van der Waals surface area contributed by atoms with Crippen LogP contribution in [0.5, 0.6) is 0 Å². The van der Waals surface area contributed by atoms with Gasteiger partial charge in [0.25, 0.3) is 15.6 Å². The van der Waals surface area contributed by atoms with E-state index in [0.717, 1.165) is 73.9 Å². The fourth-order valence-electron chi connectivity index (χ4n) is 8.83. The van der Waals surface area contributed by atoms with Crippen molar-refractivity contribution in [2.75, 3.05) is 37.8 Å². The molecule has 1 aliphatic rings. The van der Waals surface area contributed by atoms with E-state index in [1.165, 1.54) is 117 Å². The van der Waals surface area contributed by atoms with Gasteiger partial charge in [-0.3, -0.25) is 28.1 Å². The van der Waals surface area contributed by atoms with Crippen LogP contribution in [-0.2, 0) is 50.7 Å². The van der Waals surface area contributed by atoms with E-state index in [4.69, 9.17) is 10.5 Å². The van der Waals surface area contributed by atoms with Gasteiger partial charge < -0.3 is 69.0 Å². The molecule has 2 aromatic heterocycles. The third-order valence-corrected chi connectivity index (χ3v) is 17.6. The van der Waals surface area contributed by atoms with Gasteiger partial charge in [0.15, 0.2) is 22.8 Å². The van der Waals surface area contributed by atoms with Crippen molar-refractivity contribution < 1.29 is 80.5 Å². The third kappa shape index (κ3) is 33.4. The topological polar surface area (TPSA) is 375 Å². The minimum Gasteiger partial charge on any atom is -0.790 e. The molecular formula is C57H92N7O17P3S-4. The smallest absolute Gasteiger partial charge is 0.274 e. The van der Waals surface area contributed by atoms with Gasteiger partial charge >= 0.3 is 0 Å². The first kappa shape index (κ1) is 75.5. The number of hydrogen-bond acceptors (Lipinski definition) is 22. The van der Waals surface area contributed by atoms with Crippen molar-refractivity contribution in [3.63, 3.8) is 0 Å². The van der Waals surface area contributed by atoms with Gasteiger partial charge in [-0.2, -0.15) is 0 Å². The highest BCUT2D eigenvalue weighted by atomic mass is 32.2. The van der Waals surface area contributed by atoms with E-state index in [1.807, 2.05) is 0 Å². The summed E-state index contributed by atoms with van der Waals surface area (Å²) in [5.41, 5.74) is 4.10. The summed E-state index contributed by atoms with van der Waals surface area (Å²) in [7, 11) is -17.6. The van der Waals surface area contributed by atoms with Crippen LogP contribution < -0.4 is 35.9 Å². The molecule has 0 bridgehead atoms. The highest BCUT2D eigenvalue weighted by Crippen LogP contribution is 2.56. The molecule has 6 N–H and O–H groups in total. The first-order valence-corrected chi connectivity index (χ1v) is 35.1. The molecule has 7 unspecified atom stereocenters. The average molecular weight is 1270 g/mol. The van der Waals surface area contributed by atoms with Gasteiger partial charge in [0.05, 0.1) is 27.4 Å². The van der Waals surface area contributed by atoms with Crippen LogP contribution in [0.1, 0.15) is 188 Å². The molecule has 1 fully saturated rings. The number of phosphoric ester groups is 3. The summed E-state index contributed by atoms with van der Waals surface area (Å²) < 4.78 is 61.0. The number of thioether (sulfide) groups is 1. The molecule has 0 aliphatic carbocycles. The molecule has 0 radical (unpaired) electrons. The maximum atomic E-state index is 12.7. The van der Waals surface area contributed by atoms with Gasteiger partial charge in [0, 0.05) is 37.1 Å². The number of anilines is 1. The second-order valence-electron chi connectivity index (χ2n) is 21.5. The number of phosphoric acid groups is 3. The second kappa shape index (κ2) is 42.2. The Hall–Kier alpha value is -3.74. The van der Waals surface area contributed by atoms with E-state index in [-0.39, 0.29) is 41.6 Å². The minimum absolute atomic E-state index is 0.0188. The van der Waals surface area contributed by atoms with Gasteiger partial charge in [-0.1, -0.05) is 183 Å². The van der Waals surface area contributed by atoms with Crippen LogP contribution in [0.25, 0.3) is 11.2 Å². The number of fused-ring (bicyclic) bond motifs is 1. The largest absolute Gasteiger partial charge is 0.790 e. The number of carbonyl (C=O) groups excluding carboxylic acids is 3. The fraction of sp³-hybridized carbons (Fsp3) is 0.684. The molecule has 482 valence electrons. The number of aromatic nitrogens is 4. The van der Waals surface area contributed by atoms with Gasteiger partial charge in [-0.05, 0) is 57.8 Å². The van der Waals surface area contributed by atoms with E-state index < -0.39 is 84.6 Å². The Morgan fingerprint density at radius 2 is 1.25 bits per heavy atom. The quantitative estimate of drug-likeness (QED) is 0.0236. The zero-order valence-corrected chi connectivity index (χ0v) is 53.2. The predicted octanol–water partition coefficient (Wildman–Crippen LogP) is 8.30. The van der Waals surface area contributed by atoms with E-state index in [9.17, 15) is 57.9 Å². The maximum Gasteiger partial charge on any atom is 0.274 e. The summed E-state index contributed by atoms with van der Waals surface area (Å²) >= 11 is 1.15. The number of hydrogen-bond donors (Lipinski definition) is 5. The molecule has 2 amide bonds.